The topological polar surface area (TPSA) is 77.1 Å². The number of alkyl carbamates (subject to hydrolysis) is 1. The van der Waals surface area contributed by atoms with Crippen LogP contribution in [0.4, 0.5) is 10.5 Å². The van der Waals surface area contributed by atoms with Crippen molar-refractivity contribution in [3.8, 4) is 17.2 Å². The van der Waals surface area contributed by atoms with E-state index in [4.69, 9.17) is 25.8 Å². The highest BCUT2D eigenvalue weighted by Gasteiger charge is 2.35. The first-order valence-electron chi connectivity index (χ1n) is 12.7. The Labute approximate surface area is 228 Å². The molecule has 0 saturated heterocycles. The molecule has 3 aromatic rings. The number of halogens is 1. The normalized spacial score (nSPS) is 14.9. The van der Waals surface area contributed by atoms with Crippen LogP contribution in [0.5, 0.6) is 17.2 Å². The Bertz CT molecular complexity index is 1290. The van der Waals surface area contributed by atoms with Crippen LogP contribution in [0, 0.1) is 0 Å². The van der Waals surface area contributed by atoms with E-state index in [0.29, 0.717) is 53.9 Å². The second-order valence-corrected chi connectivity index (χ2v) is 10.5. The lowest BCUT2D eigenvalue weighted by atomic mass is 10.1. The minimum atomic E-state index is -0.564. The summed E-state index contributed by atoms with van der Waals surface area (Å²) in [6.07, 6.45) is 0.147. The van der Waals surface area contributed by atoms with Crippen molar-refractivity contribution >= 4 is 29.3 Å². The van der Waals surface area contributed by atoms with Crippen molar-refractivity contribution in [1.29, 1.82) is 0 Å². The summed E-state index contributed by atoms with van der Waals surface area (Å²) >= 11 is 6.06. The van der Waals surface area contributed by atoms with Gasteiger partial charge in [0, 0.05) is 11.6 Å². The fraction of sp³-hybridized carbons (Fsp3) is 0.333. The Morgan fingerprint density at radius 2 is 1.79 bits per heavy atom. The van der Waals surface area contributed by atoms with Crippen molar-refractivity contribution in [2.24, 2.45) is 0 Å². The van der Waals surface area contributed by atoms with Gasteiger partial charge in [-0.05, 0) is 81.1 Å². The number of carbonyl (C=O) groups excluding carboxylic acids is 2. The smallest absolute Gasteiger partial charge is 0.407 e. The number of nitrogens with one attached hydrogen (secondary N) is 1. The van der Waals surface area contributed by atoms with Crippen LogP contribution in [0.2, 0.25) is 5.02 Å². The van der Waals surface area contributed by atoms with Gasteiger partial charge in [-0.3, -0.25) is 9.69 Å². The van der Waals surface area contributed by atoms with E-state index in [1.165, 1.54) is 0 Å². The van der Waals surface area contributed by atoms with Crippen LogP contribution in [-0.2, 0) is 22.5 Å². The van der Waals surface area contributed by atoms with E-state index in [1.807, 2.05) is 94.4 Å². The summed E-state index contributed by atoms with van der Waals surface area (Å²) in [5.41, 5.74) is 1.98. The highest BCUT2D eigenvalue weighted by molar-refractivity contribution is 6.30. The number of anilines is 1. The molecule has 8 heteroatoms. The maximum absolute atomic E-state index is 13.4. The molecular weight excluding hydrogens is 504 g/mol. The number of amides is 2. The Kier molecular flexibility index (Phi) is 8.47. The van der Waals surface area contributed by atoms with E-state index < -0.39 is 17.8 Å². The van der Waals surface area contributed by atoms with Crippen molar-refractivity contribution in [3.63, 3.8) is 0 Å². The van der Waals surface area contributed by atoms with Gasteiger partial charge in [0.2, 0.25) is 0 Å². The number of para-hydroxylation sites is 1. The fourth-order valence-electron chi connectivity index (χ4n) is 4.14. The van der Waals surface area contributed by atoms with E-state index in [9.17, 15) is 9.59 Å². The maximum Gasteiger partial charge on any atom is 0.407 e. The largest absolute Gasteiger partial charge is 0.478 e. The molecule has 1 aliphatic heterocycles. The molecule has 1 atom stereocenters. The molecule has 4 rings (SSSR count). The van der Waals surface area contributed by atoms with E-state index in [1.54, 1.807) is 4.90 Å². The third-order valence-corrected chi connectivity index (χ3v) is 6.13. The standard InChI is InChI=1S/C30H33ClN2O5/c1-5-24-28(34)33(19-21-12-14-22(31)15-13-21)27-25(10-7-11-26(27)37-24)36-23-9-6-8-20(18-23)16-17-32-29(35)38-30(2,3)4/h6-15,18,24H,5,16-17,19H2,1-4H3,(H,32,35). The molecule has 38 heavy (non-hydrogen) atoms. The number of rotatable bonds is 8. The van der Waals surface area contributed by atoms with Gasteiger partial charge in [0.05, 0.1) is 6.54 Å². The lowest BCUT2D eigenvalue weighted by Gasteiger charge is -2.35. The highest BCUT2D eigenvalue weighted by Crippen LogP contribution is 2.44. The molecule has 200 valence electrons. The molecular formula is C30H33ClN2O5. The first kappa shape index (κ1) is 27.3. The zero-order valence-corrected chi connectivity index (χ0v) is 22.9. The quantitative estimate of drug-likeness (QED) is 0.338. The van der Waals surface area contributed by atoms with Crippen molar-refractivity contribution in [3.05, 3.63) is 82.9 Å². The number of benzene rings is 3. The lowest BCUT2D eigenvalue weighted by molar-refractivity contribution is -0.126. The van der Waals surface area contributed by atoms with Crippen molar-refractivity contribution in [2.45, 2.75) is 58.8 Å². The van der Waals surface area contributed by atoms with E-state index in [2.05, 4.69) is 5.32 Å². The number of hydrogen-bond donors (Lipinski definition) is 1. The van der Waals surface area contributed by atoms with Gasteiger partial charge in [-0.15, -0.1) is 0 Å². The summed E-state index contributed by atoms with van der Waals surface area (Å²) < 4.78 is 17.6. The summed E-state index contributed by atoms with van der Waals surface area (Å²) in [7, 11) is 0. The Balaban J connectivity index is 1.53. The minimum absolute atomic E-state index is 0.118. The van der Waals surface area contributed by atoms with Gasteiger partial charge >= 0.3 is 6.09 Å². The van der Waals surface area contributed by atoms with Crippen LogP contribution in [0.25, 0.3) is 0 Å². The monoisotopic (exact) mass is 536 g/mol. The summed E-state index contributed by atoms with van der Waals surface area (Å²) in [6.45, 7) is 8.19. The number of nitrogens with zero attached hydrogens (tertiary/aromatic N) is 1. The van der Waals surface area contributed by atoms with E-state index >= 15 is 0 Å². The van der Waals surface area contributed by atoms with Crippen molar-refractivity contribution in [2.75, 3.05) is 11.4 Å². The summed E-state index contributed by atoms with van der Waals surface area (Å²) in [6, 6.07) is 20.6. The summed E-state index contributed by atoms with van der Waals surface area (Å²) in [5.74, 6) is 1.61. The SMILES string of the molecule is CCC1Oc2cccc(Oc3cccc(CCNC(=O)OC(C)(C)C)c3)c2N(Cc2ccc(Cl)cc2)C1=O. The predicted molar refractivity (Wildman–Crippen MR) is 148 cm³/mol. The minimum Gasteiger partial charge on any atom is -0.478 e. The summed E-state index contributed by atoms with van der Waals surface area (Å²) in [5, 5.41) is 3.41. The number of fused-ring (bicyclic) bond motifs is 1. The van der Waals surface area contributed by atoms with Gasteiger partial charge < -0.3 is 19.5 Å². The molecule has 0 radical (unpaired) electrons. The molecule has 3 aromatic carbocycles. The van der Waals surface area contributed by atoms with Gasteiger partial charge in [-0.25, -0.2) is 4.79 Å². The Hall–Kier alpha value is -3.71. The Morgan fingerprint density at radius 1 is 1.05 bits per heavy atom. The van der Waals surface area contributed by atoms with Gasteiger partial charge in [-0.2, -0.15) is 0 Å². The molecule has 1 N–H and O–H groups in total. The molecule has 0 saturated carbocycles. The zero-order valence-electron chi connectivity index (χ0n) is 22.1. The van der Waals surface area contributed by atoms with Crippen LogP contribution in [0.3, 0.4) is 0 Å². The molecule has 0 fully saturated rings. The highest BCUT2D eigenvalue weighted by atomic mass is 35.5. The molecule has 0 bridgehead atoms. The molecule has 7 nitrogen and oxygen atoms in total. The third-order valence-electron chi connectivity index (χ3n) is 5.88. The molecule has 0 spiro atoms. The maximum atomic E-state index is 13.4. The predicted octanol–water partition coefficient (Wildman–Crippen LogP) is 6.90. The molecule has 1 heterocycles. The lowest BCUT2D eigenvalue weighted by Crippen LogP contribution is -2.45. The molecule has 0 aliphatic carbocycles. The first-order chi connectivity index (χ1) is 18.1. The average molecular weight is 537 g/mol. The Morgan fingerprint density at radius 3 is 2.50 bits per heavy atom. The van der Waals surface area contributed by atoms with E-state index in [0.717, 1.165) is 11.1 Å². The number of ether oxygens (including phenoxy) is 3. The van der Waals surface area contributed by atoms with Crippen LogP contribution in [0.15, 0.2) is 66.7 Å². The van der Waals surface area contributed by atoms with Gasteiger partial charge in [0.1, 0.15) is 22.8 Å². The second-order valence-electron chi connectivity index (χ2n) is 10.1. The molecule has 2 amide bonds. The third kappa shape index (κ3) is 6.98. The average Bonchev–Trinajstić information content (AvgIpc) is 2.86. The van der Waals surface area contributed by atoms with Crippen LogP contribution >= 0.6 is 11.6 Å². The summed E-state index contributed by atoms with van der Waals surface area (Å²) in [4.78, 5) is 27.0. The molecule has 1 aliphatic rings. The fourth-order valence-corrected chi connectivity index (χ4v) is 4.26. The van der Waals surface area contributed by atoms with Crippen LogP contribution in [0.1, 0.15) is 45.2 Å². The van der Waals surface area contributed by atoms with Crippen molar-refractivity contribution < 1.29 is 23.8 Å². The zero-order chi connectivity index (χ0) is 27.3. The first-order valence-corrected chi connectivity index (χ1v) is 13.1. The molecule has 1 unspecified atom stereocenters. The van der Waals surface area contributed by atoms with Crippen LogP contribution in [-0.4, -0.2) is 30.3 Å². The van der Waals surface area contributed by atoms with Crippen molar-refractivity contribution in [1.82, 2.24) is 5.32 Å². The van der Waals surface area contributed by atoms with E-state index in [-0.39, 0.29) is 5.91 Å². The van der Waals surface area contributed by atoms with Gasteiger partial charge in [-0.1, -0.05) is 48.9 Å². The number of hydrogen-bond acceptors (Lipinski definition) is 5. The molecule has 0 aromatic heterocycles. The second kappa shape index (κ2) is 11.8. The van der Waals surface area contributed by atoms with Gasteiger partial charge in [0.25, 0.3) is 5.91 Å². The van der Waals surface area contributed by atoms with Crippen LogP contribution < -0.4 is 19.7 Å². The van der Waals surface area contributed by atoms with Gasteiger partial charge in [0.15, 0.2) is 11.9 Å². The number of carbonyl (C=O) groups is 2.